The summed E-state index contributed by atoms with van der Waals surface area (Å²) < 4.78 is 2.12. The highest BCUT2D eigenvalue weighted by Crippen LogP contribution is 2.38. The number of H-pyrrole nitrogens is 1. The van der Waals surface area contributed by atoms with Crippen LogP contribution in [-0.4, -0.2) is 36.1 Å². The first-order chi connectivity index (χ1) is 19.1. The number of rotatable bonds is 7. The predicted molar refractivity (Wildman–Crippen MR) is 155 cm³/mol. The Balaban J connectivity index is 1.38. The molecule has 0 saturated heterocycles. The average Bonchev–Trinajstić information content (AvgIpc) is 3.36. The molecule has 2 fully saturated rings. The van der Waals surface area contributed by atoms with Crippen molar-refractivity contribution in [3.05, 3.63) is 75.8 Å². The van der Waals surface area contributed by atoms with Crippen LogP contribution in [0.2, 0.25) is 0 Å². The molecular formula is C31H34N4O3S. The second-order valence-electron chi connectivity index (χ2n) is 10.9. The minimum Gasteiger partial charge on any atom is -0.478 e. The van der Waals surface area contributed by atoms with Gasteiger partial charge in [-0.05, 0) is 48.4 Å². The van der Waals surface area contributed by atoms with E-state index in [1.165, 1.54) is 51.4 Å². The normalized spacial score (nSPS) is 17.0. The van der Waals surface area contributed by atoms with Crippen LogP contribution >= 0.6 is 11.8 Å². The van der Waals surface area contributed by atoms with Crippen molar-refractivity contribution in [3.63, 3.8) is 0 Å². The Hall–Kier alpha value is -3.39. The summed E-state index contributed by atoms with van der Waals surface area (Å²) in [7, 11) is 0. The van der Waals surface area contributed by atoms with Gasteiger partial charge in [0, 0.05) is 17.7 Å². The second kappa shape index (κ2) is 11.4. The van der Waals surface area contributed by atoms with Crippen molar-refractivity contribution in [3.8, 4) is 11.1 Å². The molecule has 8 heteroatoms. The smallest absolute Gasteiger partial charge is 0.336 e. The third-order valence-electron chi connectivity index (χ3n) is 8.24. The molecule has 2 saturated carbocycles. The van der Waals surface area contributed by atoms with E-state index in [2.05, 4.69) is 14.8 Å². The van der Waals surface area contributed by atoms with Gasteiger partial charge in [-0.25, -0.2) is 14.9 Å². The SMILES string of the molecule is O=C(O)c1ccccc1-c1ccc(Cn2c(C3CCCCC3)nc3c(SC4CCCCC4)n[nH]c(=O)c32)cc1. The van der Waals surface area contributed by atoms with E-state index in [9.17, 15) is 14.7 Å². The number of carbonyl (C=O) groups is 1. The Bertz CT molecular complexity index is 1530. The van der Waals surface area contributed by atoms with Gasteiger partial charge in [-0.2, -0.15) is 5.10 Å². The van der Waals surface area contributed by atoms with Crippen LogP contribution in [0, 0.1) is 0 Å². The quantitative estimate of drug-likeness (QED) is 0.261. The molecule has 2 N–H and O–H groups in total. The number of aromatic carboxylic acids is 1. The largest absolute Gasteiger partial charge is 0.478 e. The van der Waals surface area contributed by atoms with E-state index in [0.717, 1.165) is 40.3 Å². The zero-order valence-corrected chi connectivity index (χ0v) is 22.9. The van der Waals surface area contributed by atoms with Crippen molar-refractivity contribution < 1.29 is 9.90 Å². The first-order valence-corrected chi connectivity index (χ1v) is 15.0. The summed E-state index contributed by atoms with van der Waals surface area (Å²) in [4.78, 5) is 30.1. The van der Waals surface area contributed by atoms with E-state index in [0.29, 0.717) is 28.8 Å². The number of carboxylic acid groups (broad SMARTS) is 1. The summed E-state index contributed by atoms with van der Waals surface area (Å²) in [6, 6.07) is 15.0. The van der Waals surface area contributed by atoms with Gasteiger partial charge in [-0.3, -0.25) is 4.79 Å². The molecule has 0 aliphatic heterocycles. The Kier molecular flexibility index (Phi) is 7.55. The monoisotopic (exact) mass is 542 g/mol. The molecule has 4 aromatic rings. The van der Waals surface area contributed by atoms with Crippen molar-refractivity contribution >= 4 is 28.8 Å². The van der Waals surface area contributed by atoms with Gasteiger partial charge >= 0.3 is 5.97 Å². The van der Waals surface area contributed by atoms with Crippen molar-refractivity contribution in [2.45, 2.75) is 86.9 Å². The summed E-state index contributed by atoms with van der Waals surface area (Å²) in [5, 5.41) is 18.2. The van der Waals surface area contributed by atoms with Gasteiger partial charge in [0.25, 0.3) is 5.56 Å². The summed E-state index contributed by atoms with van der Waals surface area (Å²) in [5.41, 5.74) is 4.03. The lowest BCUT2D eigenvalue weighted by Gasteiger charge is -2.22. The Morgan fingerprint density at radius 3 is 2.36 bits per heavy atom. The lowest BCUT2D eigenvalue weighted by Crippen LogP contribution is -2.17. The topological polar surface area (TPSA) is 101 Å². The van der Waals surface area contributed by atoms with Crippen molar-refractivity contribution in [2.24, 2.45) is 0 Å². The van der Waals surface area contributed by atoms with Gasteiger partial charge < -0.3 is 9.67 Å². The summed E-state index contributed by atoms with van der Waals surface area (Å²) in [5.74, 6) is 0.389. The van der Waals surface area contributed by atoms with Crippen LogP contribution in [0.4, 0.5) is 0 Å². The third-order valence-corrected chi connectivity index (χ3v) is 9.55. The number of carboxylic acids is 1. The van der Waals surface area contributed by atoms with E-state index in [-0.39, 0.29) is 11.1 Å². The van der Waals surface area contributed by atoms with E-state index in [4.69, 9.17) is 4.98 Å². The van der Waals surface area contributed by atoms with Crippen LogP contribution in [-0.2, 0) is 6.54 Å². The first-order valence-electron chi connectivity index (χ1n) is 14.2. The highest BCUT2D eigenvalue weighted by atomic mass is 32.2. The molecule has 7 nitrogen and oxygen atoms in total. The molecule has 0 atom stereocenters. The number of hydrogen-bond acceptors (Lipinski definition) is 5. The molecule has 0 unspecified atom stereocenters. The van der Waals surface area contributed by atoms with Crippen LogP contribution in [0.25, 0.3) is 22.2 Å². The molecule has 6 rings (SSSR count). The maximum atomic E-state index is 13.2. The molecule has 2 aliphatic carbocycles. The maximum Gasteiger partial charge on any atom is 0.336 e. The van der Waals surface area contributed by atoms with Gasteiger partial charge in [0.05, 0.1) is 5.56 Å². The zero-order chi connectivity index (χ0) is 26.8. The molecule has 0 radical (unpaired) electrons. The second-order valence-corrected chi connectivity index (χ2v) is 12.2. The van der Waals surface area contributed by atoms with E-state index < -0.39 is 5.97 Å². The number of aromatic nitrogens is 4. The van der Waals surface area contributed by atoms with Crippen LogP contribution in [0.5, 0.6) is 0 Å². The summed E-state index contributed by atoms with van der Waals surface area (Å²) in [6.45, 7) is 0.532. The van der Waals surface area contributed by atoms with Crippen molar-refractivity contribution in [1.29, 1.82) is 0 Å². The lowest BCUT2D eigenvalue weighted by molar-refractivity contribution is 0.0697. The van der Waals surface area contributed by atoms with E-state index >= 15 is 0 Å². The fourth-order valence-corrected chi connectivity index (χ4v) is 7.44. The van der Waals surface area contributed by atoms with Gasteiger partial charge in [-0.15, -0.1) is 0 Å². The highest BCUT2D eigenvalue weighted by Gasteiger charge is 2.27. The number of imidazole rings is 1. The van der Waals surface area contributed by atoms with Crippen LogP contribution in [0.3, 0.4) is 0 Å². The molecule has 2 aliphatic rings. The molecule has 0 spiro atoms. The average molecular weight is 543 g/mol. The van der Waals surface area contributed by atoms with Gasteiger partial charge in [0.2, 0.25) is 0 Å². The van der Waals surface area contributed by atoms with Gasteiger partial charge in [-0.1, -0.05) is 92.8 Å². The van der Waals surface area contributed by atoms with Crippen LogP contribution < -0.4 is 5.56 Å². The predicted octanol–water partition coefficient (Wildman–Crippen LogP) is 7.01. The number of fused-ring (bicyclic) bond motifs is 1. The number of aromatic amines is 1. The van der Waals surface area contributed by atoms with E-state index in [1.54, 1.807) is 23.9 Å². The van der Waals surface area contributed by atoms with Crippen LogP contribution in [0.1, 0.15) is 91.9 Å². The standard InChI is InChI=1S/C31H34N4O3S/c36-29-27-26(30(34-33-29)39-23-11-5-2-6-12-23)32-28(22-9-3-1-4-10-22)35(27)19-20-15-17-21(18-16-20)24-13-7-8-14-25(24)31(37)38/h7-8,13-18,22-23H,1-6,9-12,19H2,(H,33,36)(H,37,38). The minimum absolute atomic E-state index is 0.195. The molecule has 2 aromatic carbocycles. The Labute approximate surface area is 232 Å². The lowest BCUT2D eigenvalue weighted by atomic mass is 9.88. The molecular weight excluding hydrogens is 508 g/mol. The molecule has 0 amide bonds. The molecule has 2 aromatic heterocycles. The fourth-order valence-electron chi connectivity index (χ4n) is 6.21. The number of nitrogens with zero attached hydrogens (tertiary/aromatic N) is 3. The zero-order valence-electron chi connectivity index (χ0n) is 22.1. The number of thioether (sulfide) groups is 1. The third kappa shape index (κ3) is 5.39. The Morgan fingerprint density at radius 1 is 0.949 bits per heavy atom. The summed E-state index contributed by atoms with van der Waals surface area (Å²) in [6.07, 6.45) is 12.0. The summed E-state index contributed by atoms with van der Waals surface area (Å²) >= 11 is 1.78. The Morgan fingerprint density at radius 2 is 1.64 bits per heavy atom. The van der Waals surface area contributed by atoms with Gasteiger partial charge in [0.1, 0.15) is 21.9 Å². The number of hydrogen-bond donors (Lipinski definition) is 2. The van der Waals surface area contributed by atoms with Crippen molar-refractivity contribution in [2.75, 3.05) is 0 Å². The van der Waals surface area contributed by atoms with Crippen molar-refractivity contribution in [1.82, 2.24) is 19.7 Å². The van der Waals surface area contributed by atoms with Gasteiger partial charge in [0.15, 0.2) is 0 Å². The molecule has 2 heterocycles. The maximum absolute atomic E-state index is 13.2. The molecule has 0 bridgehead atoms. The molecule has 202 valence electrons. The highest BCUT2D eigenvalue weighted by molar-refractivity contribution is 8.00. The number of nitrogens with one attached hydrogen (secondary N) is 1. The number of benzene rings is 2. The van der Waals surface area contributed by atoms with E-state index in [1.807, 2.05) is 36.4 Å². The van der Waals surface area contributed by atoms with Crippen LogP contribution in [0.15, 0.2) is 58.4 Å². The first kappa shape index (κ1) is 25.9. The molecule has 39 heavy (non-hydrogen) atoms. The minimum atomic E-state index is -0.938. The fraction of sp³-hybridized carbons (Fsp3) is 0.419.